The fourth-order valence-corrected chi connectivity index (χ4v) is 4.96. The Labute approximate surface area is 200 Å². The fourth-order valence-electron chi connectivity index (χ4n) is 4.96. The van der Waals surface area contributed by atoms with E-state index in [9.17, 15) is 18.4 Å². The lowest BCUT2D eigenvalue weighted by Crippen LogP contribution is -2.41. The van der Waals surface area contributed by atoms with E-state index < -0.39 is 18.1 Å². The zero-order valence-corrected chi connectivity index (χ0v) is 19.1. The van der Waals surface area contributed by atoms with Crippen molar-refractivity contribution in [3.8, 4) is 6.07 Å². The molecule has 10 nitrogen and oxygen atoms in total. The molecule has 12 heteroatoms. The summed E-state index contributed by atoms with van der Waals surface area (Å²) in [7, 11) is 0. The zero-order chi connectivity index (χ0) is 24.6. The summed E-state index contributed by atoms with van der Waals surface area (Å²) in [6.07, 6.45) is 3.39. The number of amides is 3. The minimum Gasteiger partial charge on any atom is -0.446 e. The molecule has 3 aliphatic rings. The zero-order valence-electron chi connectivity index (χ0n) is 19.1. The Balaban J connectivity index is 1.33. The Morgan fingerprint density at radius 3 is 2.83 bits per heavy atom. The van der Waals surface area contributed by atoms with Crippen LogP contribution < -0.4 is 10.6 Å². The summed E-state index contributed by atoms with van der Waals surface area (Å²) in [6, 6.07) is 3.23. The van der Waals surface area contributed by atoms with Crippen molar-refractivity contribution in [3.63, 3.8) is 0 Å². The van der Waals surface area contributed by atoms with Crippen LogP contribution in [-0.2, 0) is 11.3 Å². The predicted octanol–water partition coefficient (Wildman–Crippen LogP) is 3.15. The second kappa shape index (κ2) is 9.28. The minimum absolute atomic E-state index is 0.102. The SMILES string of the molecule is N#CC1CC(OC(=O)NC(c2cn3ncc(CN4CCNC4=O)cc3n2)C2CCC(F)(F)CC2)C1. The van der Waals surface area contributed by atoms with Crippen LogP contribution in [0.25, 0.3) is 5.65 Å². The Morgan fingerprint density at radius 2 is 2.14 bits per heavy atom. The Hall–Kier alpha value is -3.49. The second-order valence-corrected chi connectivity index (χ2v) is 9.63. The number of nitrogens with zero attached hydrogens (tertiary/aromatic N) is 5. The number of halogens is 2. The summed E-state index contributed by atoms with van der Waals surface area (Å²) in [5.41, 5.74) is 1.86. The third kappa shape index (κ3) is 5.13. The van der Waals surface area contributed by atoms with Gasteiger partial charge in [-0.2, -0.15) is 10.4 Å². The number of alkyl halides is 2. The highest BCUT2D eigenvalue weighted by Gasteiger charge is 2.40. The maximum absolute atomic E-state index is 13.8. The van der Waals surface area contributed by atoms with Crippen molar-refractivity contribution >= 4 is 17.8 Å². The molecule has 1 atom stereocenters. The first-order chi connectivity index (χ1) is 16.8. The molecule has 0 spiro atoms. The van der Waals surface area contributed by atoms with Crippen LogP contribution in [0.2, 0.25) is 0 Å². The molecule has 1 saturated heterocycles. The van der Waals surface area contributed by atoms with E-state index in [0.29, 0.717) is 43.8 Å². The predicted molar refractivity (Wildman–Crippen MR) is 118 cm³/mol. The number of hydrogen-bond donors (Lipinski definition) is 2. The molecule has 2 aromatic heterocycles. The molecule has 0 aromatic carbocycles. The summed E-state index contributed by atoms with van der Waals surface area (Å²) in [4.78, 5) is 30.8. The van der Waals surface area contributed by atoms with Gasteiger partial charge in [-0.3, -0.25) is 0 Å². The molecule has 0 bridgehead atoms. The largest absolute Gasteiger partial charge is 0.446 e. The van der Waals surface area contributed by atoms with E-state index in [1.54, 1.807) is 21.8 Å². The first kappa shape index (κ1) is 23.3. The normalized spacial score (nSPS) is 24.9. The lowest BCUT2D eigenvalue weighted by molar-refractivity contribution is -0.0501. The van der Waals surface area contributed by atoms with Gasteiger partial charge in [-0.1, -0.05) is 0 Å². The van der Waals surface area contributed by atoms with Crippen LogP contribution in [0, 0.1) is 23.2 Å². The van der Waals surface area contributed by atoms with E-state index in [-0.39, 0.29) is 49.7 Å². The lowest BCUT2D eigenvalue weighted by Gasteiger charge is -2.34. The molecule has 5 rings (SSSR count). The quantitative estimate of drug-likeness (QED) is 0.645. The maximum atomic E-state index is 13.8. The van der Waals surface area contributed by atoms with Crippen molar-refractivity contribution in [3.05, 3.63) is 29.7 Å². The molecule has 1 aliphatic heterocycles. The van der Waals surface area contributed by atoms with Crippen molar-refractivity contribution in [2.75, 3.05) is 13.1 Å². The number of hydrogen-bond acceptors (Lipinski definition) is 6. The van der Waals surface area contributed by atoms with Gasteiger partial charge in [0.25, 0.3) is 0 Å². The molecule has 2 aliphatic carbocycles. The molecule has 1 unspecified atom stereocenters. The molecule has 35 heavy (non-hydrogen) atoms. The van der Waals surface area contributed by atoms with Crippen LogP contribution in [0.4, 0.5) is 18.4 Å². The third-order valence-corrected chi connectivity index (χ3v) is 7.09. The van der Waals surface area contributed by atoms with E-state index in [0.717, 1.165) is 5.56 Å². The molecule has 186 valence electrons. The van der Waals surface area contributed by atoms with Gasteiger partial charge in [-0.15, -0.1) is 0 Å². The smallest absolute Gasteiger partial charge is 0.407 e. The molecule has 2 N–H and O–H groups in total. The summed E-state index contributed by atoms with van der Waals surface area (Å²) in [5, 5.41) is 18.9. The molecule has 2 aromatic rings. The Kier molecular flexibility index (Phi) is 6.17. The molecular formula is C23H27F2N7O3. The fraction of sp³-hybridized carbons (Fsp3) is 0.609. The summed E-state index contributed by atoms with van der Waals surface area (Å²) in [6.45, 7) is 1.61. The van der Waals surface area contributed by atoms with Gasteiger partial charge in [0.05, 0.1) is 36.1 Å². The molecule has 3 amide bonds. The number of nitrogens with one attached hydrogen (secondary N) is 2. The van der Waals surface area contributed by atoms with Crippen LogP contribution in [0.15, 0.2) is 18.5 Å². The van der Waals surface area contributed by atoms with Gasteiger partial charge in [0.1, 0.15) is 6.10 Å². The number of rotatable bonds is 6. The standard InChI is InChI=1S/C23H27F2N7O3/c24-23(25)3-1-16(2-4-23)20(30-22(34)35-17-7-14(8-17)10-26)18-13-32-19(29-18)9-15(11-28-32)12-31-6-5-27-21(31)33/h9,11,13-14,16-17,20H,1-8,12H2,(H,27,33)(H,30,34). The molecule has 2 saturated carbocycles. The van der Waals surface area contributed by atoms with Crippen molar-refractivity contribution < 1.29 is 23.1 Å². The number of carbonyl (C=O) groups excluding carboxylic acids is 2. The number of ether oxygens (including phenoxy) is 1. The molecule has 3 fully saturated rings. The second-order valence-electron chi connectivity index (χ2n) is 9.63. The minimum atomic E-state index is -2.70. The van der Waals surface area contributed by atoms with E-state index in [2.05, 4.69) is 26.8 Å². The van der Waals surface area contributed by atoms with Crippen LogP contribution in [0.5, 0.6) is 0 Å². The number of alkyl carbamates (subject to hydrolysis) is 1. The summed E-state index contributed by atoms with van der Waals surface area (Å²) < 4.78 is 34.6. The first-order valence-corrected chi connectivity index (χ1v) is 11.9. The number of urea groups is 1. The molecular weight excluding hydrogens is 460 g/mol. The van der Waals surface area contributed by atoms with Crippen LogP contribution >= 0.6 is 0 Å². The number of carbonyl (C=O) groups is 2. The van der Waals surface area contributed by atoms with Crippen LogP contribution in [0.1, 0.15) is 55.8 Å². The van der Waals surface area contributed by atoms with E-state index >= 15 is 0 Å². The number of fused-ring (bicyclic) bond motifs is 1. The Bertz CT molecular complexity index is 1150. The van der Waals surface area contributed by atoms with Crippen molar-refractivity contribution in [1.82, 2.24) is 30.1 Å². The van der Waals surface area contributed by atoms with Gasteiger partial charge in [-0.05, 0) is 30.4 Å². The highest BCUT2D eigenvalue weighted by Crippen LogP contribution is 2.41. The number of imidazole rings is 1. The topological polar surface area (TPSA) is 125 Å². The number of nitriles is 1. The van der Waals surface area contributed by atoms with Gasteiger partial charge >= 0.3 is 12.1 Å². The van der Waals surface area contributed by atoms with E-state index in [1.165, 1.54) is 0 Å². The highest BCUT2D eigenvalue weighted by atomic mass is 19.3. The van der Waals surface area contributed by atoms with Gasteiger partial charge in [0.15, 0.2) is 5.65 Å². The summed E-state index contributed by atoms with van der Waals surface area (Å²) in [5.74, 6) is -3.03. The molecule has 0 radical (unpaired) electrons. The van der Waals surface area contributed by atoms with Gasteiger partial charge < -0.3 is 20.3 Å². The van der Waals surface area contributed by atoms with Crippen LogP contribution in [0.3, 0.4) is 0 Å². The van der Waals surface area contributed by atoms with Gasteiger partial charge in [0.2, 0.25) is 5.92 Å². The molecule has 3 heterocycles. The van der Waals surface area contributed by atoms with E-state index in [1.807, 2.05) is 6.07 Å². The summed E-state index contributed by atoms with van der Waals surface area (Å²) >= 11 is 0. The average Bonchev–Trinajstić information content (AvgIpc) is 3.40. The van der Waals surface area contributed by atoms with Crippen molar-refractivity contribution in [2.45, 2.75) is 63.1 Å². The number of aromatic nitrogens is 3. The van der Waals surface area contributed by atoms with Crippen molar-refractivity contribution in [2.24, 2.45) is 11.8 Å². The third-order valence-electron chi connectivity index (χ3n) is 7.09. The van der Waals surface area contributed by atoms with Gasteiger partial charge in [-0.25, -0.2) is 27.9 Å². The Morgan fingerprint density at radius 1 is 1.37 bits per heavy atom. The highest BCUT2D eigenvalue weighted by molar-refractivity contribution is 5.76. The monoisotopic (exact) mass is 487 g/mol. The van der Waals surface area contributed by atoms with Gasteiger partial charge in [0, 0.05) is 45.3 Å². The first-order valence-electron chi connectivity index (χ1n) is 11.9. The van der Waals surface area contributed by atoms with E-state index in [4.69, 9.17) is 10.00 Å². The maximum Gasteiger partial charge on any atom is 0.407 e. The lowest BCUT2D eigenvalue weighted by atomic mass is 9.81. The van der Waals surface area contributed by atoms with Crippen molar-refractivity contribution in [1.29, 1.82) is 5.26 Å². The average molecular weight is 488 g/mol. The van der Waals surface area contributed by atoms with Crippen LogP contribution in [-0.4, -0.2) is 56.7 Å².